The largest absolute Gasteiger partial charge is 0.483 e. The molecule has 0 unspecified atom stereocenters. The Morgan fingerprint density at radius 3 is 2.59 bits per heavy atom. The molecule has 1 saturated heterocycles. The minimum absolute atomic E-state index is 0.0302. The number of amides is 1. The molecule has 1 amide bonds. The molecule has 0 spiro atoms. The Balaban J connectivity index is 1.79. The lowest BCUT2D eigenvalue weighted by Gasteiger charge is -2.35. The van der Waals surface area contributed by atoms with Crippen molar-refractivity contribution < 1.29 is 14.6 Å². The number of carbonyl (C=O) groups excluding carboxylic acids is 1. The highest BCUT2D eigenvalue weighted by Crippen LogP contribution is 2.18. The Morgan fingerprint density at radius 2 is 1.95 bits per heavy atom. The first kappa shape index (κ1) is 16.8. The second-order valence-corrected chi connectivity index (χ2v) is 5.78. The molecule has 1 fully saturated rings. The fraction of sp³-hybridized carbons (Fsp3) is 0.588. The summed E-state index contributed by atoms with van der Waals surface area (Å²) in [7, 11) is 0. The van der Waals surface area contributed by atoms with Gasteiger partial charge in [-0.1, -0.05) is 25.1 Å². The van der Waals surface area contributed by atoms with Crippen LogP contribution in [0.2, 0.25) is 0 Å². The third-order valence-corrected chi connectivity index (χ3v) is 3.95. The molecule has 1 N–H and O–H groups in total. The predicted molar refractivity (Wildman–Crippen MR) is 86.0 cm³/mol. The number of aliphatic hydroxyl groups excluding tert-OH is 1. The average molecular weight is 306 g/mol. The van der Waals surface area contributed by atoms with Crippen molar-refractivity contribution >= 4 is 5.91 Å². The van der Waals surface area contributed by atoms with Gasteiger partial charge < -0.3 is 14.7 Å². The lowest BCUT2D eigenvalue weighted by Crippen LogP contribution is -2.51. The van der Waals surface area contributed by atoms with E-state index in [2.05, 4.69) is 11.8 Å². The maximum absolute atomic E-state index is 12.2. The number of ether oxygens (including phenoxy) is 1. The summed E-state index contributed by atoms with van der Waals surface area (Å²) in [5.41, 5.74) is 1.12. The maximum atomic E-state index is 12.2. The molecule has 0 saturated carbocycles. The van der Waals surface area contributed by atoms with E-state index in [0.717, 1.165) is 30.8 Å². The lowest BCUT2D eigenvalue weighted by molar-refractivity contribution is -0.135. The summed E-state index contributed by atoms with van der Waals surface area (Å²) < 4.78 is 5.69. The van der Waals surface area contributed by atoms with Crippen LogP contribution in [0.25, 0.3) is 0 Å². The van der Waals surface area contributed by atoms with E-state index < -0.39 is 0 Å². The fourth-order valence-electron chi connectivity index (χ4n) is 2.72. The van der Waals surface area contributed by atoms with E-state index in [9.17, 15) is 9.90 Å². The third kappa shape index (κ3) is 4.71. The number of piperazine rings is 1. The molecule has 0 radical (unpaired) electrons. The van der Waals surface area contributed by atoms with Crippen LogP contribution in [0.4, 0.5) is 0 Å². The molecule has 0 aromatic heterocycles. The quantitative estimate of drug-likeness (QED) is 0.857. The minimum atomic E-state index is -0.323. The van der Waals surface area contributed by atoms with Crippen molar-refractivity contribution in [1.29, 1.82) is 0 Å². The number of nitrogens with zero attached hydrogens (tertiary/aromatic N) is 2. The number of hydrogen-bond donors (Lipinski definition) is 1. The molecular formula is C17H26N2O3. The monoisotopic (exact) mass is 306 g/mol. The smallest absolute Gasteiger partial charge is 0.260 e. The molecule has 122 valence electrons. The predicted octanol–water partition coefficient (Wildman–Crippen LogP) is 1.15. The first-order valence-electron chi connectivity index (χ1n) is 7.99. The van der Waals surface area contributed by atoms with E-state index in [1.165, 1.54) is 0 Å². The number of rotatable bonds is 6. The molecule has 22 heavy (non-hydrogen) atoms. The van der Waals surface area contributed by atoms with Gasteiger partial charge in [0.05, 0.1) is 6.10 Å². The highest BCUT2D eigenvalue weighted by atomic mass is 16.5. The van der Waals surface area contributed by atoms with Crippen molar-refractivity contribution in [3.8, 4) is 5.75 Å². The summed E-state index contributed by atoms with van der Waals surface area (Å²) in [6, 6.07) is 7.84. The molecule has 1 aromatic carbocycles. The number of benzene rings is 1. The van der Waals surface area contributed by atoms with Gasteiger partial charge >= 0.3 is 0 Å². The minimum Gasteiger partial charge on any atom is -0.483 e. The van der Waals surface area contributed by atoms with Gasteiger partial charge in [0, 0.05) is 32.7 Å². The van der Waals surface area contributed by atoms with Gasteiger partial charge in [0.1, 0.15) is 5.75 Å². The summed E-state index contributed by atoms with van der Waals surface area (Å²) in [6.07, 6.45) is 0.568. The van der Waals surface area contributed by atoms with Crippen LogP contribution in [-0.2, 0) is 11.2 Å². The Kier molecular flexibility index (Phi) is 6.21. The van der Waals surface area contributed by atoms with Crippen molar-refractivity contribution in [3.63, 3.8) is 0 Å². The van der Waals surface area contributed by atoms with Gasteiger partial charge in [0.2, 0.25) is 0 Å². The van der Waals surface area contributed by atoms with Crippen LogP contribution in [-0.4, -0.2) is 66.2 Å². The molecule has 1 aliphatic heterocycles. The number of β-amino-alcohol motifs (C(OH)–C–C–N with tert-alkyl or cyclic N) is 1. The average Bonchev–Trinajstić information content (AvgIpc) is 2.53. The van der Waals surface area contributed by atoms with E-state index in [4.69, 9.17) is 4.74 Å². The second-order valence-electron chi connectivity index (χ2n) is 5.78. The SMILES string of the molecule is CCc1ccccc1OCC(=O)N1CCN(C[C@@H](C)O)CC1. The van der Waals surface area contributed by atoms with E-state index in [1.807, 2.05) is 29.2 Å². The molecule has 5 nitrogen and oxygen atoms in total. The van der Waals surface area contributed by atoms with E-state index in [-0.39, 0.29) is 18.6 Å². The first-order valence-corrected chi connectivity index (χ1v) is 7.99. The van der Waals surface area contributed by atoms with Crippen molar-refractivity contribution in [2.75, 3.05) is 39.3 Å². The van der Waals surface area contributed by atoms with Crippen LogP contribution < -0.4 is 4.74 Å². The van der Waals surface area contributed by atoms with Gasteiger partial charge in [-0.2, -0.15) is 0 Å². The highest BCUT2D eigenvalue weighted by Gasteiger charge is 2.22. The van der Waals surface area contributed by atoms with Gasteiger partial charge in [-0.3, -0.25) is 9.69 Å². The summed E-state index contributed by atoms with van der Waals surface area (Å²) in [6.45, 7) is 7.64. The molecule has 1 heterocycles. The van der Waals surface area contributed by atoms with Crippen molar-refractivity contribution in [1.82, 2.24) is 9.80 Å². The molecule has 1 atom stereocenters. The van der Waals surface area contributed by atoms with E-state index >= 15 is 0 Å². The molecule has 0 bridgehead atoms. The van der Waals surface area contributed by atoms with Gasteiger partial charge in [-0.25, -0.2) is 0 Å². The lowest BCUT2D eigenvalue weighted by atomic mass is 10.1. The Hall–Kier alpha value is -1.59. The summed E-state index contributed by atoms with van der Waals surface area (Å²) in [4.78, 5) is 16.3. The van der Waals surface area contributed by atoms with Crippen LogP contribution in [0.5, 0.6) is 5.75 Å². The van der Waals surface area contributed by atoms with Crippen LogP contribution in [0, 0.1) is 0 Å². The Labute approximate surface area is 132 Å². The van der Waals surface area contributed by atoms with Gasteiger partial charge in [-0.15, -0.1) is 0 Å². The first-order chi connectivity index (χ1) is 10.6. The molecule has 1 aromatic rings. The van der Waals surface area contributed by atoms with Crippen LogP contribution in [0.1, 0.15) is 19.4 Å². The Bertz CT molecular complexity index is 483. The molecule has 1 aliphatic rings. The molecular weight excluding hydrogens is 280 g/mol. The molecule has 0 aliphatic carbocycles. The standard InChI is InChI=1S/C17H26N2O3/c1-3-15-6-4-5-7-16(15)22-13-17(21)19-10-8-18(9-11-19)12-14(2)20/h4-7,14,20H,3,8-13H2,1-2H3/t14-/m1/s1. The normalized spacial score (nSPS) is 17.3. The van der Waals surface area contributed by atoms with E-state index in [0.29, 0.717) is 19.6 Å². The zero-order valence-corrected chi connectivity index (χ0v) is 13.5. The number of aryl methyl sites for hydroxylation is 1. The Morgan fingerprint density at radius 1 is 1.27 bits per heavy atom. The van der Waals surface area contributed by atoms with Crippen molar-refractivity contribution in [2.24, 2.45) is 0 Å². The van der Waals surface area contributed by atoms with Crippen molar-refractivity contribution in [2.45, 2.75) is 26.4 Å². The highest BCUT2D eigenvalue weighted by molar-refractivity contribution is 5.78. The summed E-state index contributed by atoms with van der Waals surface area (Å²) in [5, 5.41) is 9.40. The van der Waals surface area contributed by atoms with Crippen LogP contribution >= 0.6 is 0 Å². The van der Waals surface area contributed by atoms with Gasteiger partial charge in [-0.05, 0) is 25.0 Å². The maximum Gasteiger partial charge on any atom is 0.260 e. The fourth-order valence-corrected chi connectivity index (χ4v) is 2.72. The van der Waals surface area contributed by atoms with Gasteiger partial charge in [0.15, 0.2) is 6.61 Å². The van der Waals surface area contributed by atoms with Crippen LogP contribution in [0.3, 0.4) is 0 Å². The van der Waals surface area contributed by atoms with Gasteiger partial charge in [0.25, 0.3) is 5.91 Å². The second kappa shape index (κ2) is 8.15. The zero-order valence-electron chi connectivity index (χ0n) is 13.5. The molecule has 5 heteroatoms. The number of aliphatic hydroxyl groups is 1. The van der Waals surface area contributed by atoms with E-state index in [1.54, 1.807) is 6.92 Å². The molecule has 2 rings (SSSR count). The number of hydrogen-bond acceptors (Lipinski definition) is 4. The summed E-state index contributed by atoms with van der Waals surface area (Å²) in [5.74, 6) is 0.827. The van der Waals surface area contributed by atoms with Crippen LogP contribution in [0.15, 0.2) is 24.3 Å². The number of para-hydroxylation sites is 1. The zero-order chi connectivity index (χ0) is 15.9. The summed E-state index contributed by atoms with van der Waals surface area (Å²) >= 11 is 0. The number of carbonyl (C=O) groups is 1. The topological polar surface area (TPSA) is 53.0 Å². The third-order valence-electron chi connectivity index (χ3n) is 3.95. The van der Waals surface area contributed by atoms with Crippen molar-refractivity contribution in [3.05, 3.63) is 29.8 Å².